The molecular weight excluding hydrogens is 128 g/mol. The highest BCUT2D eigenvalue weighted by atomic mass is 32.1. The molecule has 1 heteroatoms. The predicted octanol–water partition coefficient (Wildman–Crippen LogP) is 3.26. The quantitative estimate of drug-likeness (QED) is 0.577. The van der Waals surface area contributed by atoms with Gasteiger partial charge in [-0.1, -0.05) is 25.8 Å². The summed E-state index contributed by atoms with van der Waals surface area (Å²) in [5.41, 5.74) is 1.38. The van der Waals surface area contributed by atoms with Crippen molar-refractivity contribution in [1.29, 1.82) is 0 Å². The molecule has 9 heavy (non-hydrogen) atoms. The maximum Gasteiger partial charge on any atom is -0.0289 e. The zero-order valence-electron chi connectivity index (χ0n) is 6.52. The van der Waals surface area contributed by atoms with Crippen LogP contribution < -0.4 is 0 Å². The van der Waals surface area contributed by atoms with Crippen molar-refractivity contribution < 1.29 is 0 Å². The molecule has 54 valence electrons. The smallest absolute Gasteiger partial charge is 0.0289 e. The largest absolute Gasteiger partial charge is 0.151 e. The zero-order valence-corrected chi connectivity index (χ0v) is 7.41. The molecule has 0 amide bonds. The van der Waals surface area contributed by atoms with E-state index in [4.69, 9.17) is 0 Å². The molecule has 0 N–H and O–H groups in total. The SMILES string of the molecule is CCC(C)C/C(C)=C/S. The Bertz CT molecular complexity index is 94.7. The highest BCUT2D eigenvalue weighted by Gasteiger charge is 1.97. The zero-order chi connectivity index (χ0) is 7.28. The number of rotatable bonds is 3. The summed E-state index contributed by atoms with van der Waals surface area (Å²) in [6.45, 7) is 6.61. The Labute approximate surface area is 63.8 Å². The van der Waals surface area contributed by atoms with Crippen molar-refractivity contribution in [2.24, 2.45) is 5.92 Å². The van der Waals surface area contributed by atoms with Crippen LogP contribution in [0.1, 0.15) is 33.6 Å². The Morgan fingerprint density at radius 2 is 2.22 bits per heavy atom. The van der Waals surface area contributed by atoms with Crippen molar-refractivity contribution in [3.63, 3.8) is 0 Å². The fourth-order valence-corrected chi connectivity index (χ4v) is 0.852. The van der Waals surface area contributed by atoms with E-state index >= 15 is 0 Å². The molecule has 0 heterocycles. The maximum absolute atomic E-state index is 4.07. The summed E-state index contributed by atoms with van der Waals surface area (Å²) in [5, 5.41) is 1.90. The van der Waals surface area contributed by atoms with Crippen molar-refractivity contribution in [3.8, 4) is 0 Å². The first-order chi connectivity index (χ1) is 4.20. The van der Waals surface area contributed by atoms with E-state index < -0.39 is 0 Å². The molecule has 0 aliphatic carbocycles. The first-order valence-electron chi connectivity index (χ1n) is 3.50. The van der Waals surface area contributed by atoms with Gasteiger partial charge in [-0.3, -0.25) is 0 Å². The van der Waals surface area contributed by atoms with Crippen molar-refractivity contribution in [2.45, 2.75) is 33.6 Å². The Hall–Kier alpha value is 0.0900. The Morgan fingerprint density at radius 1 is 1.67 bits per heavy atom. The third kappa shape index (κ3) is 4.58. The lowest BCUT2D eigenvalue weighted by atomic mass is 10.0. The number of hydrogen-bond donors (Lipinski definition) is 1. The van der Waals surface area contributed by atoms with Crippen LogP contribution in [0.5, 0.6) is 0 Å². The third-order valence-electron chi connectivity index (χ3n) is 1.59. The van der Waals surface area contributed by atoms with Gasteiger partial charge in [0.05, 0.1) is 0 Å². The van der Waals surface area contributed by atoms with Crippen LogP contribution in [0.2, 0.25) is 0 Å². The van der Waals surface area contributed by atoms with Crippen molar-refractivity contribution in [2.75, 3.05) is 0 Å². The lowest BCUT2D eigenvalue weighted by Gasteiger charge is -2.06. The second-order valence-electron chi connectivity index (χ2n) is 2.69. The van der Waals surface area contributed by atoms with E-state index in [0.717, 1.165) is 5.92 Å². The fourth-order valence-electron chi connectivity index (χ4n) is 0.747. The summed E-state index contributed by atoms with van der Waals surface area (Å²) in [5.74, 6) is 0.813. The predicted molar refractivity (Wildman–Crippen MR) is 46.8 cm³/mol. The second kappa shape index (κ2) is 4.92. The molecular formula is C8H16S. The number of hydrogen-bond acceptors (Lipinski definition) is 1. The molecule has 0 bridgehead atoms. The molecule has 0 aromatic rings. The van der Waals surface area contributed by atoms with Gasteiger partial charge in [0, 0.05) is 0 Å². The van der Waals surface area contributed by atoms with Gasteiger partial charge in [0.25, 0.3) is 0 Å². The summed E-state index contributed by atoms with van der Waals surface area (Å²) in [7, 11) is 0. The maximum atomic E-state index is 4.07. The normalized spacial score (nSPS) is 15.8. The second-order valence-corrected chi connectivity index (χ2v) is 2.95. The van der Waals surface area contributed by atoms with Gasteiger partial charge in [-0.25, -0.2) is 0 Å². The van der Waals surface area contributed by atoms with Gasteiger partial charge < -0.3 is 0 Å². The van der Waals surface area contributed by atoms with Crippen LogP contribution in [0.4, 0.5) is 0 Å². The van der Waals surface area contributed by atoms with Crippen LogP contribution in [-0.2, 0) is 0 Å². The van der Waals surface area contributed by atoms with Gasteiger partial charge in [0.15, 0.2) is 0 Å². The summed E-state index contributed by atoms with van der Waals surface area (Å²) in [6, 6.07) is 0. The van der Waals surface area contributed by atoms with Crippen LogP contribution in [0.25, 0.3) is 0 Å². The standard InChI is InChI=1S/C8H16S/c1-4-7(2)5-8(3)6-9/h6-7,9H,4-5H2,1-3H3/b8-6+. The molecule has 0 aromatic heterocycles. The van der Waals surface area contributed by atoms with E-state index in [9.17, 15) is 0 Å². The van der Waals surface area contributed by atoms with Crippen LogP contribution in [0.3, 0.4) is 0 Å². The van der Waals surface area contributed by atoms with Crippen LogP contribution >= 0.6 is 12.6 Å². The minimum absolute atomic E-state index is 0.813. The number of thiol groups is 1. The molecule has 0 aromatic carbocycles. The molecule has 0 spiro atoms. The molecule has 0 fully saturated rings. The molecule has 0 radical (unpaired) electrons. The first-order valence-corrected chi connectivity index (χ1v) is 4.02. The van der Waals surface area contributed by atoms with Crippen LogP contribution in [-0.4, -0.2) is 0 Å². The highest BCUT2D eigenvalue weighted by molar-refractivity contribution is 7.83. The van der Waals surface area contributed by atoms with Crippen LogP contribution in [0.15, 0.2) is 11.0 Å². The molecule has 1 unspecified atom stereocenters. The summed E-state index contributed by atoms with van der Waals surface area (Å²) < 4.78 is 0. The topological polar surface area (TPSA) is 0 Å². The summed E-state index contributed by atoms with van der Waals surface area (Å²) >= 11 is 4.07. The first kappa shape index (κ1) is 9.09. The fraction of sp³-hybridized carbons (Fsp3) is 0.750. The minimum Gasteiger partial charge on any atom is -0.151 e. The molecule has 0 rings (SSSR count). The highest BCUT2D eigenvalue weighted by Crippen LogP contribution is 2.13. The molecule has 1 atom stereocenters. The molecule has 0 saturated carbocycles. The van der Waals surface area contributed by atoms with Crippen molar-refractivity contribution in [3.05, 3.63) is 11.0 Å². The third-order valence-corrected chi connectivity index (χ3v) is 2.03. The van der Waals surface area contributed by atoms with Gasteiger partial charge in [0.1, 0.15) is 0 Å². The lowest BCUT2D eigenvalue weighted by molar-refractivity contribution is 0.558. The Balaban J connectivity index is 3.47. The Kier molecular flexibility index (Phi) is 4.97. The van der Waals surface area contributed by atoms with Crippen LogP contribution in [0, 0.1) is 5.92 Å². The average Bonchev–Trinajstić information content (AvgIpc) is 1.87. The van der Waals surface area contributed by atoms with Gasteiger partial charge in [-0.15, -0.1) is 0 Å². The van der Waals surface area contributed by atoms with E-state index in [-0.39, 0.29) is 0 Å². The van der Waals surface area contributed by atoms with Gasteiger partial charge in [0.2, 0.25) is 0 Å². The van der Waals surface area contributed by atoms with E-state index in [1.807, 2.05) is 5.41 Å². The lowest BCUT2D eigenvalue weighted by Crippen LogP contribution is -1.91. The average molecular weight is 144 g/mol. The van der Waals surface area contributed by atoms with E-state index in [1.54, 1.807) is 0 Å². The van der Waals surface area contributed by atoms with Crippen molar-refractivity contribution in [1.82, 2.24) is 0 Å². The van der Waals surface area contributed by atoms with E-state index in [0.29, 0.717) is 0 Å². The van der Waals surface area contributed by atoms with Gasteiger partial charge in [-0.05, 0) is 24.7 Å². The summed E-state index contributed by atoms with van der Waals surface area (Å²) in [6.07, 6.45) is 2.46. The minimum atomic E-state index is 0.813. The van der Waals surface area contributed by atoms with Crippen molar-refractivity contribution >= 4 is 12.6 Å². The monoisotopic (exact) mass is 144 g/mol. The van der Waals surface area contributed by atoms with Gasteiger partial charge in [-0.2, -0.15) is 12.6 Å². The van der Waals surface area contributed by atoms with E-state index in [1.165, 1.54) is 18.4 Å². The molecule has 0 saturated heterocycles. The van der Waals surface area contributed by atoms with E-state index in [2.05, 4.69) is 33.4 Å². The summed E-state index contributed by atoms with van der Waals surface area (Å²) in [4.78, 5) is 0. The molecule has 0 aliphatic heterocycles. The van der Waals surface area contributed by atoms with Gasteiger partial charge >= 0.3 is 0 Å². The Morgan fingerprint density at radius 3 is 2.56 bits per heavy atom. The number of allylic oxidation sites excluding steroid dienone is 1. The molecule has 0 aliphatic rings. The molecule has 0 nitrogen and oxygen atoms in total.